The lowest BCUT2D eigenvalue weighted by Crippen LogP contribution is -2.17. The van der Waals surface area contributed by atoms with E-state index < -0.39 is 0 Å². The van der Waals surface area contributed by atoms with Gasteiger partial charge in [-0.3, -0.25) is 4.90 Å². The second-order valence-electron chi connectivity index (χ2n) is 9.99. The summed E-state index contributed by atoms with van der Waals surface area (Å²) in [5, 5.41) is 4.35. The van der Waals surface area contributed by atoms with Gasteiger partial charge >= 0.3 is 0 Å². The number of rotatable bonds is 10. The normalized spacial score (nSPS) is 18.9. The molecule has 2 aliphatic heterocycles. The van der Waals surface area contributed by atoms with Crippen LogP contribution in [0.25, 0.3) is 17.3 Å². The maximum atomic E-state index is 6.27. The summed E-state index contributed by atoms with van der Waals surface area (Å²) in [7, 11) is 3.32. The fraction of sp³-hybridized carbons (Fsp3) is 0.281. The summed E-state index contributed by atoms with van der Waals surface area (Å²) in [4.78, 5) is 2.49. The molecule has 0 amide bonds. The van der Waals surface area contributed by atoms with Crippen LogP contribution in [0, 0.1) is 5.92 Å². The molecule has 2 saturated heterocycles. The quantitative estimate of drug-likeness (QED) is 0.243. The number of benzene rings is 3. The van der Waals surface area contributed by atoms with Crippen molar-refractivity contribution >= 4 is 6.08 Å². The molecular formula is C32H32N2O5. The van der Waals surface area contributed by atoms with Crippen molar-refractivity contribution in [2.75, 3.05) is 33.9 Å². The molecule has 6 rings (SSSR count). The smallest absolute Gasteiger partial charge is 0.162 e. The summed E-state index contributed by atoms with van der Waals surface area (Å²) in [6, 6.07) is 23.5. The standard InChI is InChI=1S/C32H32N2O5/c1-35-27-8-3-22(4-9-27)20-37-31-12-7-24(16-32(31)38-21-23-5-10-28(36-2)11-6-23)30-17-29(39-33-30)15-26-19-34-14-13-25(26)18-34/h3-12,15-17,25H,13-14,18-21H2,1-2H3/b26-15-. The van der Waals surface area contributed by atoms with Crippen molar-refractivity contribution in [2.45, 2.75) is 19.6 Å². The minimum absolute atomic E-state index is 0.389. The number of methoxy groups -OCH3 is 2. The molecule has 3 aromatic carbocycles. The van der Waals surface area contributed by atoms with Crippen LogP contribution < -0.4 is 18.9 Å². The molecular weight excluding hydrogens is 492 g/mol. The Bertz CT molecular complexity index is 1440. The maximum Gasteiger partial charge on any atom is 0.162 e. The van der Waals surface area contributed by atoms with Gasteiger partial charge in [-0.05, 0) is 84.1 Å². The van der Waals surface area contributed by atoms with Gasteiger partial charge in [0.1, 0.15) is 30.4 Å². The summed E-state index contributed by atoms with van der Waals surface area (Å²) in [5.74, 6) is 4.36. The number of hydrogen-bond acceptors (Lipinski definition) is 7. The van der Waals surface area contributed by atoms with Crippen molar-refractivity contribution < 1.29 is 23.5 Å². The highest BCUT2D eigenvalue weighted by molar-refractivity contribution is 5.66. The van der Waals surface area contributed by atoms with Crippen LogP contribution in [0.5, 0.6) is 23.0 Å². The Kier molecular flexibility index (Phi) is 7.23. The number of nitrogens with zero attached hydrogens (tertiary/aromatic N) is 2. The maximum absolute atomic E-state index is 6.27. The molecule has 4 aromatic rings. The number of fused-ring (bicyclic) bond motifs is 2. The number of ether oxygens (including phenoxy) is 4. The van der Waals surface area contributed by atoms with Gasteiger partial charge in [-0.1, -0.05) is 29.4 Å². The van der Waals surface area contributed by atoms with E-state index in [1.165, 1.54) is 25.1 Å². The van der Waals surface area contributed by atoms with Crippen LogP contribution in [-0.4, -0.2) is 43.9 Å². The summed E-state index contributed by atoms with van der Waals surface area (Å²) in [6.45, 7) is 4.20. The fourth-order valence-electron chi connectivity index (χ4n) is 5.17. The molecule has 200 valence electrons. The van der Waals surface area contributed by atoms with E-state index in [0.717, 1.165) is 46.2 Å². The Hall–Kier alpha value is -4.23. The molecule has 2 atom stereocenters. The summed E-state index contributed by atoms with van der Waals surface area (Å²) in [6.07, 6.45) is 3.40. The predicted octanol–water partition coefficient (Wildman–Crippen LogP) is 6.24. The van der Waals surface area contributed by atoms with Gasteiger partial charge in [-0.25, -0.2) is 0 Å². The topological polar surface area (TPSA) is 66.2 Å². The minimum Gasteiger partial charge on any atom is -0.497 e. The highest BCUT2D eigenvalue weighted by atomic mass is 16.5. The first-order valence-electron chi connectivity index (χ1n) is 13.2. The van der Waals surface area contributed by atoms with E-state index in [4.69, 9.17) is 23.5 Å². The minimum atomic E-state index is 0.389. The highest BCUT2D eigenvalue weighted by Gasteiger charge is 2.33. The molecule has 7 heteroatoms. The van der Waals surface area contributed by atoms with Crippen molar-refractivity contribution in [3.05, 3.63) is 95.3 Å². The van der Waals surface area contributed by atoms with Crippen LogP contribution >= 0.6 is 0 Å². The molecule has 0 N–H and O–H groups in total. The van der Waals surface area contributed by atoms with Gasteiger partial charge < -0.3 is 23.5 Å². The van der Waals surface area contributed by atoms with Gasteiger partial charge in [0.2, 0.25) is 0 Å². The van der Waals surface area contributed by atoms with E-state index >= 15 is 0 Å². The van der Waals surface area contributed by atoms with Crippen molar-refractivity contribution in [1.29, 1.82) is 0 Å². The molecule has 0 aliphatic carbocycles. The SMILES string of the molecule is COc1ccc(COc2ccc(-c3cc(/C=C4/CN5CCC4C5)on3)cc2OCc2ccc(OC)cc2)cc1. The van der Waals surface area contributed by atoms with E-state index in [-0.39, 0.29) is 0 Å². The van der Waals surface area contributed by atoms with Crippen molar-refractivity contribution in [1.82, 2.24) is 10.1 Å². The average Bonchev–Trinajstić information content (AvgIpc) is 3.74. The molecule has 3 heterocycles. The van der Waals surface area contributed by atoms with Gasteiger partial charge in [0.15, 0.2) is 17.3 Å². The molecule has 2 fully saturated rings. The van der Waals surface area contributed by atoms with Crippen LogP contribution in [0.3, 0.4) is 0 Å². The third-order valence-electron chi connectivity index (χ3n) is 7.41. The summed E-state index contributed by atoms with van der Waals surface area (Å²) < 4.78 is 28.7. The highest BCUT2D eigenvalue weighted by Crippen LogP contribution is 2.36. The lowest BCUT2D eigenvalue weighted by molar-refractivity contribution is 0.256. The van der Waals surface area contributed by atoms with Crippen LogP contribution in [0.4, 0.5) is 0 Å². The molecule has 0 radical (unpaired) electrons. The molecule has 2 bridgehead atoms. The molecule has 7 nitrogen and oxygen atoms in total. The van der Waals surface area contributed by atoms with E-state index in [1.54, 1.807) is 14.2 Å². The van der Waals surface area contributed by atoms with Crippen LogP contribution in [0.1, 0.15) is 23.3 Å². The first kappa shape index (κ1) is 25.1. The van der Waals surface area contributed by atoms with Gasteiger partial charge in [0.25, 0.3) is 0 Å². The van der Waals surface area contributed by atoms with Gasteiger partial charge in [0.05, 0.1) is 14.2 Å². The predicted molar refractivity (Wildman–Crippen MR) is 149 cm³/mol. The second kappa shape index (κ2) is 11.3. The lowest BCUT2D eigenvalue weighted by atomic mass is 9.98. The Balaban J connectivity index is 1.22. The molecule has 0 spiro atoms. The Morgan fingerprint density at radius 1 is 0.846 bits per heavy atom. The Labute approximate surface area is 228 Å². The number of piperidine rings is 1. The van der Waals surface area contributed by atoms with Crippen molar-refractivity contribution in [2.24, 2.45) is 5.92 Å². The lowest BCUT2D eigenvalue weighted by Gasteiger charge is -2.14. The molecule has 1 aromatic heterocycles. The Morgan fingerprint density at radius 3 is 2.10 bits per heavy atom. The zero-order valence-corrected chi connectivity index (χ0v) is 22.3. The third-order valence-corrected chi connectivity index (χ3v) is 7.41. The first-order valence-corrected chi connectivity index (χ1v) is 13.2. The van der Waals surface area contributed by atoms with Crippen molar-refractivity contribution in [3.8, 4) is 34.3 Å². The van der Waals surface area contributed by atoms with E-state index in [2.05, 4.69) is 16.1 Å². The molecule has 0 saturated carbocycles. The molecule has 2 unspecified atom stereocenters. The van der Waals surface area contributed by atoms with E-state index in [9.17, 15) is 0 Å². The van der Waals surface area contributed by atoms with Crippen molar-refractivity contribution in [3.63, 3.8) is 0 Å². The zero-order valence-electron chi connectivity index (χ0n) is 22.3. The first-order chi connectivity index (χ1) is 19.2. The third kappa shape index (κ3) is 5.78. The molecule has 2 aliphatic rings. The zero-order chi connectivity index (χ0) is 26.6. The van der Waals surface area contributed by atoms with Crippen LogP contribution in [0.2, 0.25) is 0 Å². The van der Waals surface area contributed by atoms with Gasteiger partial charge in [-0.2, -0.15) is 0 Å². The summed E-state index contributed by atoms with van der Waals surface area (Å²) in [5.41, 5.74) is 5.17. The molecule has 39 heavy (non-hydrogen) atoms. The largest absolute Gasteiger partial charge is 0.497 e. The summed E-state index contributed by atoms with van der Waals surface area (Å²) >= 11 is 0. The van der Waals surface area contributed by atoms with E-state index in [0.29, 0.717) is 30.6 Å². The number of aromatic nitrogens is 1. The second-order valence-corrected chi connectivity index (χ2v) is 9.99. The van der Waals surface area contributed by atoms with E-state index in [1.807, 2.05) is 72.8 Å². The Morgan fingerprint density at radius 2 is 1.51 bits per heavy atom. The van der Waals surface area contributed by atoms with Crippen LogP contribution in [0.15, 0.2) is 82.9 Å². The fourth-order valence-corrected chi connectivity index (χ4v) is 5.17. The van der Waals surface area contributed by atoms with Gasteiger partial charge in [0, 0.05) is 24.7 Å². The van der Waals surface area contributed by atoms with Gasteiger partial charge in [-0.15, -0.1) is 0 Å². The average molecular weight is 525 g/mol. The monoisotopic (exact) mass is 524 g/mol. The van der Waals surface area contributed by atoms with Crippen LogP contribution in [-0.2, 0) is 13.2 Å². The number of hydrogen-bond donors (Lipinski definition) is 0.